The highest BCUT2D eigenvalue weighted by molar-refractivity contribution is 6.20. The maximum Gasteiger partial charge on any atom is 0.0747 e. The minimum Gasteiger partial charge on any atom is -0.374 e. The molecule has 2 rings (SSSR count). The fraction of sp³-hybridized carbons (Fsp3) is 1.00. The summed E-state index contributed by atoms with van der Waals surface area (Å²) in [6, 6.07) is 0. The molecule has 0 N–H and O–H groups in total. The first-order valence-electron chi connectivity index (χ1n) is 5.84. The molecule has 1 aliphatic carbocycles. The van der Waals surface area contributed by atoms with Crippen LogP contribution in [0.1, 0.15) is 52.4 Å². The number of hydrogen-bond acceptors (Lipinski definition) is 1. The van der Waals surface area contributed by atoms with Gasteiger partial charge in [0.2, 0.25) is 0 Å². The van der Waals surface area contributed by atoms with E-state index in [1.165, 1.54) is 25.7 Å². The molecule has 0 aromatic rings. The van der Waals surface area contributed by atoms with E-state index >= 15 is 0 Å². The van der Waals surface area contributed by atoms with E-state index in [0.29, 0.717) is 10.8 Å². The largest absolute Gasteiger partial charge is 0.374 e. The molecule has 1 saturated heterocycles. The Morgan fingerprint density at radius 3 is 2.57 bits per heavy atom. The number of hydrogen-bond donors (Lipinski definition) is 0. The van der Waals surface area contributed by atoms with Crippen LogP contribution in [-0.4, -0.2) is 17.6 Å². The van der Waals surface area contributed by atoms with E-state index in [9.17, 15) is 0 Å². The molecule has 2 fully saturated rings. The Morgan fingerprint density at radius 2 is 1.93 bits per heavy atom. The van der Waals surface area contributed by atoms with Crippen molar-refractivity contribution in [1.82, 2.24) is 0 Å². The lowest BCUT2D eigenvalue weighted by Crippen LogP contribution is -2.53. The maximum atomic E-state index is 6.29. The maximum absolute atomic E-state index is 6.29. The van der Waals surface area contributed by atoms with Gasteiger partial charge in [0, 0.05) is 12.0 Å². The molecule has 82 valence electrons. The Labute approximate surface area is 92.2 Å². The van der Waals surface area contributed by atoms with Crippen molar-refractivity contribution in [2.45, 2.75) is 63.4 Å². The lowest BCUT2D eigenvalue weighted by atomic mass is 9.62. The van der Waals surface area contributed by atoms with Crippen LogP contribution in [0, 0.1) is 5.41 Å². The Hall–Kier alpha value is 0.250. The van der Waals surface area contributed by atoms with E-state index in [-0.39, 0.29) is 5.60 Å². The highest BCUT2D eigenvalue weighted by Crippen LogP contribution is 2.51. The van der Waals surface area contributed by atoms with Crippen LogP contribution in [0.25, 0.3) is 0 Å². The average molecular weight is 217 g/mol. The van der Waals surface area contributed by atoms with Crippen LogP contribution in [0.15, 0.2) is 0 Å². The van der Waals surface area contributed by atoms with Gasteiger partial charge < -0.3 is 4.74 Å². The summed E-state index contributed by atoms with van der Waals surface area (Å²) in [6.07, 6.45) is 7.25. The van der Waals surface area contributed by atoms with Crippen LogP contribution in [-0.2, 0) is 4.74 Å². The van der Waals surface area contributed by atoms with Gasteiger partial charge in [0.25, 0.3) is 0 Å². The van der Waals surface area contributed by atoms with Gasteiger partial charge in [-0.3, -0.25) is 0 Å². The van der Waals surface area contributed by atoms with E-state index in [0.717, 1.165) is 19.4 Å². The molecule has 1 saturated carbocycles. The Kier molecular flexibility index (Phi) is 2.83. The predicted molar refractivity (Wildman–Crippen MR) is 59.8 cm³/mol. The van der Waals surface area contributed by atoms with Crippen LogP contribution in [0.2, 0.25) is 0 Å². The molecule has 0 aromatic carbocycles. The van der Waals surface area contributed by atoms with Gasteiger partial charge in [-0.15, -0.1) is 11.6 Å². The van der Waals surface area contributed by atoms with Crippen molar-refractivity contribution in [2.75, 3.05) is 6.61 Å². The molecule has 14 heavy (non-hydrogen) atoms. The summed E-state index contributed by atoms with van der Waals surface area (Å²) >= 11 is 6.29. The lowest BCUT2D eigenvalue weighted by molar-refractivity contribution is -0.168. The van der Waals surface area contributed by atoms with Crippen molar-refractivity contribution < 1.29 is 4.74 Å². The topological polar surface area (TPSA) is 9.23 Å². The second-order valence-corrected chi connectivity index (χ2v) is 6.14. The Bertz CT molecular complexity index is 210. The molecule has 1 nitrogen and oxygen atoms in total. The molecule has 2 aliphatic rings. The fourth-order valence-corrected chi connectivity index (χ4v) is 3.43. The van der Waals surface area contributed by atoms with Crippen molar-refractivity contribution >= 4 is 11.6 Å². The molecule has 2 unspecified atom stereocenters. The van der Waals surface area contributed by atoms with Gasteiger partial charge in [-0.1, -0.05) is 26.7 Å². The van der Waals surface area contributed by atoms with Crippen LogP contribution in [0.4, 0.5) is 0 Å². The molecule has 0 bridgehead atoms. The second-order valence-electron chi connectivity index (χ2n) is 5.52. The first-order valence-corrected chi connectivity index (χ1v) is 6.27. The number of alkyl halides is 1. The highest BCUT2D eigenvalue weighted by atomic mass is 35.5. The van der Waals surface area contributed by atoms with Crippen molar-refractivity contribution in [3.8, 4) is 0 Å². The molecule has 0 aromatic heterocycles. The summed E-state index contributed by atoms with van der Waals surface area (Å²) in [5, 5.41) is 0.334. The van der Waals surface area contributed by atoms with E-state index in [4.69, 9.17) is 16.3 Å². The summed E-state index contributed by atoms with van der Waals surface area (Å²) in [7, 11) is 0. The predicted octanol–water partition coefficient (Wildman–Crippen LogP) is 3.74. The number of ether oxygens (including phenoxy) is 1. The summed E-state index contributed by atoms with van der Waals surface area (Å²) in [5.74, 6) is 0. The third kappa shape index (κ3) is 1.69. The molecule has 1 spiro atoms. The number of rotatable bonds is 0. The van der Waals surface area contributed by atoms with E-state index in [1.54, 1.807) is 0 Å². The molecular weight excluding hydrogens is 196 g/mol. The SMILES string of the molecule is CC1(C)CCCCC12CC(Cl)CCO2. The number of halogens is 1. The molecule has 1 heterocycles. The van der Waals surface area contributed by atoms with Gasteiger partial charge in [0.1, 0.15) is 0 Å². The summed E-state index contributed by atoms with van der Waals surface area (Å²) < 4.78 is 6.11. The van der Waals surface area contributed by atoms with Crippen LogP contribution in [0.5, 0.6) is 0 Å². The van der Waals surface area contributed by atoms with Crippen molar-refractivity contribution in [3.05, 3.63) is 0 Å². The zero-order valence-corrected chi connectivity index (χ0v) is 10.1. The smallest absolute Gasteiger partial charge is 0.0747 e. The first kappa shape index (κ1) is 10.8. The van der Waals surface area contributed by atoms with Crippen molar-refractivity contribution in [1.29, 1.82) is 0 Å². The molecule has 2 atom stereocenters. The summed E-state index contributed by atoms with van der Waals surface area (Å²) in [4.78, 5) is 0. The van der Waals surface area contributed by atoms with E-state index < -0.39 is 0 Å². The second kappa shape index (κ2) is 3.68. The quantitative estimate of drug-likeness (QED) is 0.561. The zero-order valence-electron chi connectivity index (χ0n) is 9.31. The molecule has 0 radical (unpaired) electrons. The van der Waals surface area contributed by atoms with Gasteiger partial charge in [0.15, 0.2) is 0 Å². The van der Waals surface area contributed by atoms with Gasteiger partial charge in [-0.25, -0.2) is 0 Å². The van der Waals surface area contributed by atoms with Crippen LogP contribution >= 0.6 is 11.6 Å². The normalized spacial score (nSPS) is 42.6. The van der Waals surface area contributed by atoms with Crippen molar-refractivity contribution in [3.63, 3.8) is 0 Å². The minimum absolute atomic E-state index is 0.0932. The first-order chi connectivity index (χ1) is 6.56. The van der Waals surface area contributed by atoms with E-state index in [1.807, 2.05) is 0 Å². The average Bonchev–Trinajstić information content (AvgIpc) is 2.11. The van der Waals surface area contributed by atoms with Crippen LogP contribution < -0.4 is 0 Å². The monoisotopic (exact) mass is 216 g/mol. The van der Waals surface area contributed by atoms with Crippen LogP contribution in [0.3, 0.4) is 0 Å². The third-order valence-electron chi connectivity index (χ3n) is 4.23. The Balaban J connectivity index is 2.18. The lowest BCUT2D eigenvalue weighted by Gasteiger charge is -2.53. The molecular formula is C12H21ClO. The van der Waals surface area contributed by atoms with Gasteiger partial charge in [-0.05, 0) is 31.1 Å². The summed E-state index contributed by atoms with van der Waals surface area (Å²) in [6.45, 7) is 5.56. The van der Waals surface area contributed by atoms with Crippen molar-refractivity contribution in [2.24, 2.45) is 5.41 Å². The summed E-state index contributed by atoms with van der Waals surface area (Å²) in [5.41, 5.74) is 0.411. The standard InChI is InChI=1S/C12H21ClO/c1-11(2)6-3-4-7-12(11)9-10(13)5-8-14-12/h10H,3-9H2,1-2H3. The fourth-order valence-electron chi connectivity index (χ4n) is 3.09. The molecule has 1 aliphatic heterocycles. The molecule has 0 amide bonds. The van der Waals surface area contributed by atoms with Gasteiger partial charge in [-0.2, -0.15) is 0 Å². The molecule has 2 heteroatoms. The third-order valence-corrected chi connectivity index (χ3v) is 4.60. The van der Waals surface area contributed by atoms with Gasteiger partial charge in [0.05, 0.1) is 5.60 Å². The van der Waals surface area contributed by atoms with Gasteiger partial charge >= 0.3 is 0 Å². The highest BCUT2D eigenvalue weighted by Gasteiger charge is 2.49. The zero-order chi connectivity index (χ0) is 10.2. The minimum atomic E-state index is 0.0932. The Morgan fingerprint density at radius 1 is 1.21 bits per heavy atom. The van der Waals surface area contributed by atoms with E-state index in [2.05, 4.69) is 13.8 Å².